The summed E-state index contributed by atoms with van der Waals surface area (Å²) in [6.45, 7) is 3.91. The van der Waals surface area contributed by atoms with Crippen molar-refractivity contribution in [1.82, 2.24) is 9.88 Å². The Morgan fingerprint density at radius 2 is 1.81 bits per heavy atom. The van der Waals surface area contributed by atoms with Crippen LogP contribution in [0.25, 0.3) is 6.08 Å². The van der Waals surface area contributed by atoms with Gasteiger partial charge in [-0.25, -0.2) is 0 Å². The number of hydrogen-bond donors (Lipinski definition) is 1. The van der Waals surface area contributed by atoms with Gasteiger partial charge in [0.15, 0.2) is 5.11 Å². The molecule has 1 aliphatic heterocycles. The minimum Gasteiger partial charge on any atom is -0.497 e. The number of rotatable bonds is 3. The van der Waals surface area contributed by atoms with Crippen molar-refractivity contribution >= 4 is 40.9 Å². The Kier molecular flexibility index (Phi) is 4.65. The third-order valence-electron chi connectivity index (χ3n) is 4.55. The molecule has 134 valence electrons. The molecule has 0 radical (unpaired) electrons. The van der Waals surface area contributed by atoms with Crippen LogP contribution < -0.4 is 15.0 Å². The van der Waals surface area contributed by atoms with Crippen LogP contribution in [0.4, 0.5) is 5.69 Å². The Morgan fingerprint density at radius 1 is 1.15 bits per heavy atom. The van der Waals surface area contributed by atoms with Crippen LogP contribution in [0.15, 0.2) is 35.9 Å². The van der Waals surface area contributed by atoms with Crippen molar-refractivity contribution < 1.29 is 14.3 Å². The van der Waals surface area contributed by atoms with E-state index in [1.54, 1.807) is 37.5 Å². The molecule has 0 spiro atoms. The number of anilines is 1. The van der Waals surface area contributed by atoms with E-state index < -0.39 is 11.8 Å². The maximum atomic E-state index is 13.0. The molecule has 0 aliphatic carbocycles. The van der Waals surface area contributed by atoms with Crippen LogP contribution in [0.3, 0.4) is 0 Å². The summed E-state index contributed by atoms with van der Waals surface area (Å²) in [4.78, 5) is 26.7. The number of aromatic nitrogens is 1. The van der Waals surface area contributed by atoms with E-state index in [1.165, 1.54) is 4.90 Å². The van der Waals surface area contributed by atoms with Gasteiger partial charge in [-0.1, -0.05) is 0 Å². The number of ether oxygens (including phenoxy) is 1. The maximum absolute atomic E-state index is 13.0. The van der Waals surface area contributed by atoms with Gasteiger partial charge in [-0.05, 0) is 68.0 Å². The van der Waals surface area contributed by atoms with E-state index in [9.17, 15) is 9.59 Å². The van der Waals surface area contributed by atoms with Gasteiger partial charge in [-0.3, -0.25) is 19.8 Å². The van der Waals surface area contributed by atoms with Crippen molar-refractivity contribution in [1.29, 1.82) is 0 Å². The monoisotopic (exact) mass is 369 g/mol. The highest BCUT2D eigenvalue weighted by molar-refractivity contribution is 7.80. The molecule has 0 bridgehead atoms. The lowest BCUT2D eigenvalue weighted by Gasteiger charge is -2.29. The van der Waals surface area contributed by atoms with Gasteiger partial charge in [0.05, 0.1) is 12.8 Å². The average molecular weight is 369 g/mol. The largest absolute Gasteiger partial charge is 0.497 e. The van der Waals surface area contributed by atoms with E-state index in [-0.39, 0.29) is 10.7 Å². The second-order valence-corrected chi connectivity index (χ2v) is 6.43. The summed E-state index contributed by atoms with van der Waals surface area (Å²) >= 11 is 5.20. The van der Waals surface area contributed by atoms with Gasteiger partial charge in [-0.15, -0.1) is 0 Å². The number of nitrogens with zero attached hydrogens (tertiary/aromatic N) is 2. The number of carbonyl (C=O) groups is 2. The summed E-state index contributed by atoms with van der Waals surface area (Å²) in [5.74, 6) is -0.283. The van der Waals surface area contributed by atoms with Gasteiger partial charge in [0.1, 0.15) is 11.3 Å². The fraction of sp³-hybridized carbons (Fsp3) is 0.211. The van der Waals surface area contributed by atoms with Crippen molar-refractivity contribution in [3.8, 4) is 5.75 Å². The standard InChI is InChI=1S/C19H19N3O3S/c1-11-9-13(12(2)21(11)3)10-16-17(23)20-19(26)22(18(16)24)14-5-7-15(25-4)8-6-14/h5-10H,1-4H3,(H,20,23,26)/b16-10+. The maximum Gasteiger partial charge on any atom is 0.270 e. The zero-order valence-electron chi connectivity index (χ0n) is 15.0. The third kappa shape index (κ3) is 3.01. The number of aryl methyl sites for hydroxylation is 1. The van der Waals surface area contributed by atoms with Crippen LogP contribution in [0.2, 0.25) is 0 Å². The molecule has 1 fully saturated rings. The molecule has 2 aromatic rings. The zero-order chi connectivity index (χ0) is 19.0. The summed E-state index contributed by atoms with van der Waals surface area (Å²) in [5.41, 5.74) is 3.45. The van der Waals surface area contributed by atoms with Crippen molar-refractivity contribution in [2.75, 3.05) is 12.0 Å². The number of hydrogen-bond acceptors (Lipinski definition) is 4. The van der Waals surface area contributed by atoms with Crippen LogP contribution >= 0.6 is 12.2 Å². The van der Waals surface area contributed by atoms with Gasteiger partial charge in [0, 0.05) is 18.4 Å². The van der Waals surface area contributed by atoms with E-state index in [0.717, 1.165) is 17.0 Å². The summed E-state index contributed by atoms with van der Waals surface area (Å²) < 4.78 is 7.14. The number of thiocarbonyl (C=S) groups is 1. The first-order valence-electron chi connectivity index (χ1n) is 8.02. The lowest BCUT2D eigenvalue weighted by atomic mass is 10.1. The van der Waals surface area contributed by atoms with Gasteiger partial charge >= 0.3 is 0 Å². The van der Waals surface area contributed by atoms with E-state index in [0.29, 0.717) is 11.4 Å². The molecule has 6 nitrogen and oxygen atoms in total. The number of methoxy groups -OCH3 is 1. The number of amides is 2. The second-order valence-electron chi connectivity index (χ2n) is 6.04. The molecule has 3 rings (SSSR count). The lowest BCUT2D eigenvalue weighted by molar-refractivity contribution is -0.122. The molecule has 2 heterocycles. The lowest BCUT2D eigenvalue weighted by Crippen LogP contribution is -2.54. The second kappa shape index (κ2) is 6.76. The fourth-order valence-corrected chi connectivity index (χ4v) is 3.09. The predicted octanol–water partition coefficient (Wildman–Crippen LogP) is 2.48. The molecular formula is C19H19N3O3S. The topological polar surface area (TPSA) is 63.6 Å². The van der Waals surface area contributed by atoms with Gasteiger partial charge in [0.2, 0.25) is 0 Å². The van der Waals surface area contributed by atoms with Crippen LogP contribution in [-0.4, -0.2) is 28.6 Å². The van der Waals surface area contributed by atoms with Gasteiger partial charge < -0.3 is 9.30 Å². The number of benzene rings is 1. The molecule has 1 saturated heterocycles. The molecule has 26 heavy (non-hydrogen) atoms. The van der Waals surface area contributed by atoms with Crippen molar-refractivity contribution in [3.05, 3.63) is 52.9 Å². The van der Waals surface area contributed by atoms with Crippen LogP contribution in [0.5, 0.6) is 5.75 Å². The molecule has 1 aromatic carbocycles. The van der Waals surface area contributed by atoms with Crippen LogP contribution in [-0.2, 0) is 16.6 Å². The SMILES string of the molecule is COc1ccc(N2C(=O)/C(=C/c3cc(C)n(C)c3C)C(=O)NC2=S)cc1. The van der Waals surface area contributed by atoms with E-state index in [2.05, 4.69) is 5.32 Å². The minimum atomic E-state index is -0.495. The average Bonchev–Trinajstić information content (AvgIpc) is 2.86. The predicted molar refractivity (Wildman–Crippen MR) is 104 cm³/mol. The Bertz CT molecular complexity index is 942. The molecule has 1 N–H and O–H groups in total. The van der Waals surface area contributed by atoms with Crippen molar-refractivity contribution in [3.63, 3.8) is 0 Å². The number of carbonyl (C=O) groups excluding carboxylic acids is 2. The molecule has 0 saturated carbocycles. The third-order valence-corrected chi connectivity index (χ3v) is 4.83. The summed E-state index contributed by atoms with van der Waals surface area (Å²) in [7, 11) is 3.51. The Labute approximate surface area is 157 Å². The first kappa shape index (κ1) is 17.9. The van der Waals surface area contributed by atoms with Gasteiger partial charge in [-0.2, -0.15) is 0 Å². The first-order valence-corrected chi connectivity index (χ1v) is 8.42. The number of nitrogens with one attached hydrogen (secondary N) is 1. The first-order chi connectivity index (χ1) is 12.3. The normalized spacial score (nSPS) is 16.2. The summed E-state index contributed by atoms with van der Waals surface area (Å²) in [6.07, 6.45) is 1.61. The van der Waals surface area contributed by atoms with E-state index >= 15 is 0 Å². The molecule has 2 amide bonds. The van der Waals surface area contributed by atoms with Crippen LogP contribution in [0.1, 0.15) is 17.0 Å². The highest BCUT2D eigenvalue weighted by atomic mass is 32.1. The molecule has 7 heteroatoms. The molecule has 0 unspecified atom stereocenters. The highest BCUT2D eigenvalue weighted by Gasteiger charge is 2.34. The Morgan fingerprint density at radius 3 is 2.35 bits per heavy atom. The molecular weight excluding hydrogens is 350 g/mol. The summed E-state index contributed by atoms with van der Waals surface area (Å²) in [5, 5.41) is 2.65. The molecule has 1 aliphatic rings. The van der Waals surface area contributed by atoms with E-state index in [4.69, 9.17) is 17.0 Å². The molecule has 0 atom stereocenters. The van der Waals surface area contributed by atoms with Crippen LogP contribution in [0, 0.1) is 13.8 Å². The zero-order valence-corrected chi connectivity index (χ0v) is 15.8. The molecule has 1 aromatic heterocycles. The van der Waals surface area contributed by atoms with Crippen molar-refractivity contribution in [2.24, 2.45) is 7.05 Å². The van der Waals surface area contributed by atoms with E-state index in [1.807, 2.05) is 31.5 Å². The smallest absolute Gasteiger partial charge is 0.270 e. The minimum absolute atomic E-state index is 0.0446. The Balaban J connectivity index is 2.02. The fourth-order valence-electron chi connectivity index (χ4n) is 2.81. The summed E-state index contributed by atoms with van der Waals surface area (Å²) in [6, 6.07) is 8.84. The quantitative estimate of drug-likeness (QED) is 0.513. The highest BCUT2D eigenvalue weighted by Crippen LogP contribution is 2.25. The van der Waals surface area contributed by atoms with Crippen molar-refractivity contribution in [2.45, 2.75) is 13.8 Å². The van der Waals surface area contributed by atoms with Gasteiger partial charge in [0.25, 0.3) is 11.8 Å². The Hall–Kier alpha value is -2.93.